The number of hydrogen-bond acceptors (Lipinski definition) is 12. The molecule has 14 nitrogen and oxygen atoms in total. The van der Waals surface area contributed by atoms with E-state index < -0.39 is 34.0 Å². The molecule has 228 valence electrons. The van der Waals surface area contributed by atoms with Crippen molar-refractivity contribution in [2.24, 2.45) is 0 Å². The average molecular weight is 605 g/mol. The number of nitro groups is 2. The Labute approximate surface area is 251 Å². The fourth-order valence-electron chi connectivity index (χ4n) is 3.27. The van der Waals surface area contributed by atoms with Gasteiger partial charge in [0.1, 0.15) is 23.0 Å². The van der Waals surface area contributed by atoms with Crippen LogP contribution in [0.25, 0.3) is 0 Å². The van der Waals surface area contributed by atoms with Gasteiger partial charge in [-0.1, -0.05) is 0 Å². The number of carbonyl (C=O) groups is 2. The summed E-state index contributed by atoms with van der Waals surface area (Å²) in [6, 6.07) is 23.6. The van der Waals surface area contributed by atoms with Crippen molar-refractivity contribution in [3.8, 4) is 23.0 Å². The number of anilines is 2. The first-order chi connectivity index (χ1) is 20.9. The lowest BCUT2D eigenvalue weighted by atomic mass is 10.3. The Morgan fingerprint density at radius 2 is 0.818 bits per heavy atom. The maximum Gasteiger partial charge on any atom is 0.352 e. The molecule has 2 atom stereocenters. The molecule has 4 N–H and O–H groups in total. The van der Waals surface area contributed by atoms with E-state index >= 15 is 0 Å². The number of carbonyl (C=O) groups excluding carboxylic acids is 2. The van der Waals surface area contributed by atoms with Crippen LogP contribution >= 0.6 is 0 Å². The molecule has 0 radical (unpaired) electrons. The monoisotopic (exact) mass is 604 g/mol. The minimum Gasteiger partial charge on any atom is -0.479 e. The second-order valence-electron chi connectivity index (χ2n) is 9.00. The van der Waals surface area contributed by atoms with E-state index in [0.29, 0.717) is 22.9 Å². The van der Waals surface area contributed by atoms with Crippen LogP contribution in [0.1, 0.15) is 13.8 Å². The van der Waals surface area contributed by atoms with Gasteiger partial charge in [-0.05, 0) is 86.6 Å². The van der Waals surface area contributed by atoms with E-state index in [0.717, 1.165) is 0 Å². The second-order valence-corrected chi connectivity index (χ2v) is 9.00. The first-order valence-electron chi connectivity index (χ1n) is 12.9. The van der Waals surface area contributed by atoms with Crippen LogP contribution in [0.15, 0.2) is 97.1 Å². The molecule has 4 rings (SSSR count). The lowest BCUT2D eigenvalue weighted by Crippen LogP contribution is -2.28. The molecule has 0 spiro atoms. The third kappa shape index (κ3) is 10.0. The third-order valence-electron chi connectivity index (χ3n) is 5.58. The zero-order chi connectivity index (χ0) is 32.2. The van der Waals surface area contributed by atoms with Crippen molar-refractivity contribution in [3.05, 3.63) is 117 Å². The summed E-state index contributed by atoms with van der Waals surface area (Å²) in [6.45, 7) is 3.07. The first kappa shape index (κ1) is 32.3. The maximum atomic E-state index is 11.9. The Kier molecular flexibility index (Phi) is 11.1. The van der Waals surface area contributed by atoms with Crippen LogP contribution in [0.3, 0.4) is 0 Å². The number of nitrogens with zero attached hydrogens (tertiary/aromatic N) is 2. The van der Waals surface area contributed by atoms with Crippen molar-refractivity contribution in [1.29, 1.82) is 0 Å². The van der Waals surface area contributed by atoms with Crippen LogP contribution in [0.4, 0.5) is 22.7 Å². The molecular weight excluding hydrogens is 576 g/mol. The standard InChI is InChI=1S/C15H12N2O7.C15H16N2O3/c1-10(23-13-6-2-11(3-7-13)16(19)20)15(18)24-14-8-4-12(5-9-14)17(21)22;1-10(19-13-6-2-11(16)3-7-13)15(18)20-14-8-4-12(17)5-9-14/h2-10H,1H3;2-10H,16-17H2,1H3. The Balaban J connectivity index is 0.000000244. The number of nitrogen functional groups attached to an aromatic ring is 2. The van der Waals surface area contributed by atoms with Crippen molar-refractivity contribution < 1.29 is 38.4 Å². The maximum absolute atomic E-state index is 11.9. The number of benzene rings is 4. The number of esters is 2. The smallest absolute Gasteiger partial charge is 0.352 e. The molecule has 0 saturated carbocycles. The summed E-state index contributed by atoms with van der Waals surface area (Å²) < 4.78 is 21.0. The van der Waals surface area contributed by atoms with Crippen molar-refractivity contribution >= 4 is 34.7 Å². The number of non-ortho nitro benzene ring substituents is 2. The minimum atomic E-state index is -0.971. The summed E-state index contributed by atoms with van der Waals surface area (Å²) in [5, 5.41) is 21.1. The molecule has 14 heteroatoms. The molecular formula is C30H28N4O10. The minimum absolute atomic E-state index is 0.0940. The molecule has 0 aromatic heterocycles. The highest BCUT2D eigenvalue weighted by Crippen LogP contribution is 2.21. The van der Waals surface area contributed by atoms with Gasteiger partial charge in [0.25, 0.3) is 11.4 Å². The number of ether oxygens (including phenoxy) is 4. The first-order valence-corrected chi connectivity index (χ1v) is 12.9. The zero-order valence-electron chi connectivity index (χ0n) is 23.5. The summed E-state index contributed by atoms with van der Waals surface area (Å²) in [7, 11) is 0. The topological polar surface area (TPSA) is 209 Å². The molecule has 0 bridgehead atoms. The quantitative estimate of drug-likeness (QED) is 0.0796. The summed E-state index contributed by atoms with van der Waals surface area (Å²) in [4.78, 5) is 43.8. The summed E-state index contributed by atoms with van der Waals surface area (Å²) in [5.41, 5.74) is 12.2. The molecule has 0 aliphatic rings. The Morgan fingerprint density at radius 3 is 1.14 bits per heavy atom. The number of nitrogens with two attached hydrogens (primary N) is 2. The van der Waals surface area contributed by atoms with Crippen LogP contribution in [0.5, 0.6) is 23.0 Å². The van der Waals surface area contributed by atoms with Crippen LogP contribution in [-0.2, 0) is 9.59 Å². The Bertz CT molecular complexity index is 1580. The molecule has 44 heavy (non-hydrogen) atoms. The zero-order valence-corrected chi connectivity index (χ0v) is 23.5. The third-order valence-corrected chi connectivity index (χ3v) is 5.58. The fourth-order valence-corrected chi connectivity index (χ4v) is 3.27. The second kappa shape index (κ2) is 15.2. The molecule has 0 saturated heterocycles. The molecule has 2 unspecified atom stereocenters. The summed E-state index contributed by atoms with van der Waals surface area (Å²) >= 11 is 0. The van der Waals surface area contributed by atoms with Gasteiger partial charge in [-0.2, -0.15) is 0 Å². The van der Waals surface area contributed by atoms with E-state index in [-0.39, 0.29) is 22.9 Å². The largest absolute Gasteiger partial charge is 0.479 e. The number of hydrogen-bond donors (Lipinski definition) is 2. The van der Waals surface area contributed by atoms with Crippen molar-refractivity contribution in [1.82, 2.24) is 0 Å². The van der Waals surface area contributed by atoms with Gasteiger partial charge in [0.15, 0.2) is 12.2 Å². The molecule has 0 heterocycles. The highest BCUT2D eigenvalue weighted by Gasteiger charge is 2.19. The Hall–Kier alpha value is -6.18. The van der Waals surface area contributed by atoms with Crippen LogP contribution in [-0.4, -0.2) is 34.0 Å². The van der Waals surface area contributed by atoms with Crippen molar-refractivity contribution in [2.75, 3.05) is 11.5 Å². The SMILES string of the molecule is CC(Oc1ccc(N)cc1)C(=O)Oc1ccc(N)cc1.CC(Oc1ccc([N+](=O)[O-])cc1)C(=O)Oc1ccc([N+](=O)[O-])cc1. The predicted molar refractivity (Wildman–Crippen MR) is 159 cm³/mol. The van der Waals surface area contributed by atoms with E-state index in [9.17, 15) is 29.8 Å². The average Bonchev–Trinajstić information content (AvgIpc) is 3.00. The highest BCUT2D eigenvalue weighted by atomic mass is 16.6. The van der Waals surface area contributed by atoms with Crippen LogP contribution in [0, 0.1) is 20.2 Å². The van der Waals surface area contributed by atoms with E-state index in [1.807, 2.05) is 0 Å². The highest BCUT2D eigenvalue weighted by molar-refractivity contribution is 5.77. The van der Waals surface area contributed by atoms with Gasteiger partial charge in [0.2, 0.25) is 0 Å². The molecule has 0 aliphatic heterocycles. The molecule has 0 amide bonds. The van der Waals surface area contributed by atoms with E-state index in [1.165, 1.54) is 55.5 Å². The van der Waals surface area contributed by atoms with Gasteiger partial charge in [-0.25, -0.2) is 9.59 Å². The summed E-state index contributed by atoms with van der Waals surface area (Å²) in [5.74, 6) is 0.213. The van der Waals surface area contributed by atoms with Crippen molar-refractivity contribution in [2.45, 2.75) is 26.1 Å². The van der Waals surface area contributed by atoms with Gasteiger partial charge in [-0.15, -0.1) is 0 Å². The van der Waals surface area contributed by atoms with Gasteiger partial charge in [0, 0.05) is 35.6 Å². The van der Waals surface area contributed by atoms with E-state index in [1.54, 1.807) is 55.5 Å². The van der Waals surface area contributed by atoms with Gasteiger partial charge < -0.3 is 30.4 Å². The number of rotatable bonds is 10. The van der Waals surface area contributed by atoms with E-state index in [4.69, 9.17) is 30.4 Å². The van der Waals surface area contributed by atoms with Crippen molar-refractivity contribution in [3.63, 3.8) is 0 Å². The number of nitro benzene ring substituents is 2. The predicted octanol–water partition coefficient (Wildman–Crippen LogP) is 5.10. The molecule has 0 fully saturated rings. The molecule has 0 aliphatic carbocycles. The molecule has 4 aromatic carbocycles. The lowest BCUT2D eigenvalue weighted by Gasteiger charge is -2.14. The molecule has 4 aromatic rings. The normalized spacial score (nSPS) is 11.5. The van der Waals surface area contributed by atoms with Gasteiger partial charge in [-0.3, -0.25) is 20.2 Å². The van der Waals surface area contributed by atoms with Gasteiger partial charge in [0.05, 0.1) is 9.85 Å². The Morgan fingerprint density at radius 1 is 0.545 bits per heavy atom. The van der Waals surface area contributed by atoms with Crippen LogP contribution < -0.4 is 30.4 Å². The van der Waals surface area contributed by atoms with E-state index in [2.05, 4.69) is 0 Å². The summed E-state index contributed by atoms with van der Waals surface area (Å²) in [6.07, 6.45) is -1.70. The lowest BCUT2D eigenvalue weighted by molar-refractivity contribution is -0.385. The van der Waals surface area contributed by atoms with Gasteiger partial charge >= 0.3 is 11.9 Å². The van der Waals surface area contributed by atoms with Crippen LogP contribution in [0.2, 0.25) is 0 Å². The fraction of sp³-hybridized carbons (Fsp3) is 0.133.